The summed E-state index contributed by atoms with van der Waals surface area (Å²) in [5, 5.41) is 6.24. The van der Waals surface area contributed by atoms with E-state index in [-0.39, 0.29) is 0 Å². The second-order valence-electron chi connectivity index (χ2n) is 4.40. The van der Waals surface area contributed by atoms with E-state index in [4.69, 9.17) is 9.47 Å². The van der Waals surface area contributed by atoms with Gasteiger partial charge in [0, 0.05) is 31.7 Å². The first kappa shape index (κ1) is 15.0. The summed E-state index contributed by atoms with van der Waals surface area (Å²) in [6.45, 7) is 2.21. The van der Waals surface area contributed by atoms with E-state index < -0.39 is 0 Å². The van der Waals surface area contributed by atoms with Crippen LogP contribution in [-0.2, 0) is 15.9 Å². The lowest BCUT2D eigenvalue weighted by atomic mass is 10.1. The van der Waals surface area contributed by atoms with Gasteiger partial charge in [-0.25, -0.2) is 4.98 Å². The van der Waals surface area contributed by atoms with E-state index in [1.807, 2.05) is 0 Å². The lowest BCUT2D eigenvalue weighted by molar-refractivity contribution is 0.202. The Labute approximate surface area is 123 Å². The van der Waals surface area contributed by atoms with Crippen molar-refractivity contribution >= 4 is 16.5 Å². The number of hydrogen-bond acceptors (Lipinski definition) is 5. The van der Waals surface area contributed by atoms with Crippen molar-refractivity contribution in [2.24, 2.45) is 0 Å². The van der Waals surface area contributed by atoms with Gasteiger partial charge in [-0.2, -0.15) is 0 Å². The SMILES string of the molecule is COCCNc1nc(-c2ccc(CCOC)cc2)cs1. The molecule has 2 aromatic rings. The molecular formula is C15H20N2O2S. The second-order valence-corrected chi connectivity index (χ2v) is 5.26. The van der Waals surface area contributed by atoms with Crippen molar-refractivity contribution in [2.45, 2.75) is 6.42 Å². The molecule has 20 heavy (non-hydrogen) atoms. The zero-order chi connectivity index (χ0) is 14.2. The van der Waals surface area contributed by atoms with Crippen LogP contribution in [0.4, 0.5) is 5.13 Å². The first-order chi connectivity index (χ1) is 9.83. The molecule has 0 spiro atoms. The van der Waals surface area contributed by atoms with Gasteiger partial charge in [-0.3, -0.25) is 0 Å². The number of aromatic nitrogens is 1. The number of methoxy groups -OCH3 is 2. The van der Waals surface area contributed by atoms with Crippen LogP contribution in [0.3, 0.4) is 0 Å². The van der Waals surface area contributed by atoms with Crippen LogP contribution in [0.25, 0.3) is 11.3 Å². The molecule has 0 radical (unpaired) electrons. The predicted octanol–water partition coefficient (Wildman–Crippen LogP) is 3.06. The Balaban J connectivity index is 1.97. The average Bonchev–Trinajstić information content (AvgIpc) is 2.95. The minimum Gasteiger partial charge on any atom is -0.384 e. The number of hydrogen-bond donors (Lipinski definition) is 1. The molecule has 0 atom stereocenters. The maximum Gasteiger partial charge on any atom is 0.183 e. The van der Waals surface area contributed by atoms with Crippen molar-refractivity contribution in [3.63, 3.8) is 0 Å². The Kier molecular flexibility index (Phi) is 5.98. The van der Waals surface area contributed by atoms with E-state index >= 15 is 0 Å². The molecule has 0 aliphatic carbocycles. The second kappa shape index (κ2) is 7.99. The monoisotopic (exact) mass is 292 g/mol. The van der Waals surface area contributed by atoms with Crippen LogP contribution in [-0.4, -0.2) is 39.0 Å². The Bertz CT molecular complexity index is 511. The first-order valence-corrected chi connectivity index (χ1v) is 7.48. The van der Waals surface area contributed by atoms with E-state index in [0.29, 0.717) is 6.61 Å². The van der Waals surface area contributed by atoms with Gasteiger partial charge in [0.1, 0.15) is 0 Å². The molecule has 4 nitrogen and oxygen atoms in total. The van der Waals surface area contributed by atoms with Crippen molar-refractivity contribution in [1.82, 2.24) is 4.98 Å². The molecule has 0 saturated carbocycles. The van der Waals surface area contributed by atoms with Gasteiger partial charge in [-0.05, 0) is 12.0 Å². The number of rotatable bonds is 8. The lowest BCUT2D eigenvalue weighted by Crippen LogP contribution is -2.06. The van der Waals surface area contributed by atoms with Crippen LogP contribution in [0.15, 0.2) is 29.6 Å². The molecule has 1 N–H and O–H groups in total. The van der Waals surface area contributed by atoms with Gasteiger partial charge < -0.3 is 14.8 Å². The summed E-state index contributed by atoms with van der Waals surface area (Å²) in [5.74, 6) is 0. The summed E-state index contributed by atoms with van der Waals surface area (Å²) in [4.78, 5) is 4.57. The highest BCUT2D eigenvalue weighted by Crippen LogP contribution is 2.25. The third-order valence-electron chi connectivity index (χ3n) is 2.93. The molecule has 1 aromatic carbocycles. The minimum absolute atomic E-state index is 0.684. The van der Waals surface area contributed by atoms with Crippen molar-refractivity contribution in [1.29, 1.82) is 0 Å². The third-order valence-corrected chi connectivity index (χ3v) is 3.73. The lowest BCUT2D eigenvalue weighted by Gasteiger charge is -2.02. The van der Waals surface area contributed by atoms with Crippen LogP contribution < -0.4 is 5.32 Å². The van der Waals surface area contributed by atoms with E-state index in [1.165, 1.54) is 5.56 Å². The molecular weight excluding hydrogens is 272 g/mol. The van der Waals surface area contributed by atoms with E-state index in [9.17, 15) is 0 Å². The highest BCUT2D eigenvalue weighted by Gasteiger charge is 2.04. The van der Waals surface area contributed by atoms with Crippen LogP contribution in [0, 0.1) is 0 Å². The number of anilines is 1. The van der Waals surface area contributed by atoms with Crippen LogP contribution in [0.5, 0.6) is 0 Å². The fourth-order valence-corrected chi connectivity index (χ4v) is 2.56. The Morgan fingerprint density at radius 3 is 2.55 bits per heavy atom. The molecule has 108 valence electrons. The summed E-state index contributed by atoms with van der Waals surface area (Å²) in [6, 6.07) is 8.48. The molecule has 2 rings (SSSR count). The minimum atomic E-state index is 0.684. The predicted molar refractivity (Wildman–Crippen MR) is 83.5 cm³/mol. The zero-order valence-electron chi connectivity index (χ0n) is 11.9. The molecule has 0 aliphatic heterocycles. The van der Waals surface area contributed by atoms with Gasteiger partial charge >= 0.3 is 0 Å². The molecule has 0 fully saturated rings. The molecule has 0 unspecified atom stereocenters. The van der Waals surface area contributed by atoms with Crippen LogP contribution in [0.1, 0.15) is 5.56 Å². The average molecular weight is 292 g/mol. The van der Waals surface area contributed by atoms with Gasteiger partial charge in [0.2, 0.25) is 0 Å². The van der Waals surface area contributed by atoms with Crippen LogP contribution >= 0.6 is 11.3 Å². The Hall–Kier alpha value is -1.43. The summed E-state index contributed by atoms with van der Waals surface area (Å²) < 4.78 is 10.1. The number of thiazole rings is 1. The smallest absolute Gasteiger partial charge is 0.183 e. The number of benzene rings is 1. The van der Waals surface area contributed by atoms with Gasteiger partial charge in [-0.15, -0.1) is 11.3 Å². The van der Waals surface area contributed by atoms with Crippen LogP contribution in [0.2, 0.25) is 0 Å². The number of ether oxygens (including phenoxy) is 2. The maximum atomic E-state index is 5.08. The molecule has 1 aromatic heterocycles. The number of nitrogens with one attached hydrogen (secondary N) is 1. The fraction of sp³-hybridized carbons (Fsp3) is 0.400. The van der Waals surface area contributed by atoms with E-state index in [2.05, 4.69) is 39.9 Å². The van der Waals surface area contributed by atoms with E-state index in [0.717, 1.165) is 36.0 Å². The van der Waals surface area contributed by atoms with Crippen molar-refractivity contribution < 1.29 is 9.47 Å². The molecule has 0 saturated heterocycles. The summed E-state index contributed by atoms with van der Waals surface area (Å²) in [6.07, 6.45) is 0.942. The Morgan fingerprint density at radius 1 is 1.10 bits per heavy atom. The van der Waals surface area contributed by atoms with E-state index in [1.54, 1.807) is 25.6 Å². The standard InChI is InChI=1S/C15H20N2O2S/c1-18-9-7-12-3-5-13(6-4-12)14-11-20-15(17-14)16-8-10-19-2/h3-6,11H,7-10H2,1-2H3,(H,16,17). The fourth-order valence-electron chi connectivity index (χ4n) is 1.81. The van der Waals surface area contributed by atoms with Crippen molar-refractivity contribution in [3.05, 3.63) is 35.2 Å². The quantitative estimate of drug-likeness (QED) is 0.759. The summed E-state index contributed by atoms with van der Waals surface area (Å²) in [7, 11) is 3.42. The maximum absolute atomic E-state index is 5.08. The first-order valence-electron chi connectivity index (χ1n) is 6.60. The van der Waals surface area contributed by atoms with Gasteiger partial charge in [-0.1, -0.05) is 24.3 Å². The molecule has 0 aliphatic rings. The molecule has 1 heterocycles. The topological polar surface area (TPSA) is 43.4 Å². The van der Waals surface area contributed by atoms with Crippen molar-refractivity contribution in [3.8, 4) is 11.3 Å². The van der Waals surface area contributed by atoms with Gasteiger partial charge in [0.15, 0.2) is 5.13 Å². The summed E-state index contributed by atoms with van der Waals surface area (Å²) >= 11 is 1.62. The van der Waals surface area contributed by atoms with Gasteiger partial charge in [0.25, 0.3) is 0 Å². The zero-order valence-corrected chi connectivity index (χ0v) is 12.7. The number of nitrogens with zero attached hydrogens (tertiary/aromatic N) is 1. The molecule has 0 bridgehead atoms. The third kappa shape index (κ3) is 4.30. The molecule has 0 amide bonds. The molecule has 5 heteroatoms. The summed E-state index contributed by atoms with van der Waals surface area (Å²) in [5.41, 5.74) is 3.43. The normalized spacial score (nSPS) is 10.7. The van der Waals surface area contributed by atoms with Gasteiger partial charge in [0.05, 0.1) is 18.9 Å². The highest BCUT2D eigenvalue weighted by atomic mass is 32.1. The highest BCUT2D eigenvalue weighted by molar-refractivity contribution is 7.14. The largest absolute Gasteiger partial charge is 0.384 e. The van der Waals surface area contributed by atoms with Crippen molar-refractivity contribution in [2.75, 3.05) is 39.3 Å². The Morgan fingerprint density at radius 2 is 1.85 bits per heavy atom.